The minimum atomic E-state index is -2.30. The second-order valence-corrected chi connectivity index (χ2v) is 5.45. The van der Waals surface area contributed by atoms with Crippen LogP contribution >= 0.6 is 0 Å². The maximum Gasteiger partial charge on any atom is 0.0708 e. The van der Waals surface area contributed by atoms with Crippen molar-refractivity contribution in [2.75, 3.05) is 0 Å². The van der Waals surface area contributed by atoms with E-state index in [1.54, 1.807) is 6.20 Å². The second-order valence-electron chi connectivity index (χ2n) is 5.45. The van der Waals surface area contributed by atoms with E-state index in [0.717, 1.165) is 27.9 Å². The third kappa shape index (κ3) is 3.43. The summed E-state index contributed by atoms with van der Waals surface area (Å²) in [6.07, 6.45) is 1.98. The fraction of sp³-hybridized carbons (Fsp3) is 0.190. The van der Waals surface area contributed by atoms with Gasteiger partial charge in [0.05, 0.1) is 5.69 Å². The summed E-state index contributed by atoms with van der Waals surface area (Å²) in [5, 5.41) is 0. The van der Waals surface area contributed by atoms with Crippen LogP contribution in [0.3, 0.4) is 0 Å². The van der Waals surface area contributed by atoms with E-state index in [1.165, 1.54) is 6.92 Å². The van der Waals surface area contributed by atoms with Gasteiger partial charge in [0.25, 0.3) is 0 Å². The molecule has 1 unspecified atom stereocenters. The Labute approximate surface area is 138 Å². The van der Waals surface area contributed by atoms with E-state index in [1.807, 2.05) is 66.7 Å². The summed E-state index contributed by atoms with van der Waals surface area (Å²) in [6, 6.07) is 21.7. The molecule has 0 radical (unpaired) electrons. The summed E-state index contributed by atoms with van der Waals surface area (Å²) in [5.41, 5.74) is 4.91. The summed E-state index contributed by atoms with van der Waals surface area (Å²) in [6.45, 7) is -0.843. The van der Waals surface area contributed by atoms with Gasteiger partial charge >= 0.3 is 0 Å². The van der Waals surface area contributed by atoms with Crippen LogP contribution in [0.2, 0.25) is 0 Å². The molecule has 0 aliphatic heterocycles. The summed E-state index contributed by atoms with van der Waals surface area (Å²) < 4.78 is 30.6. The van der Waals surface area contributed by atoms with Crippen LogP contribution in [0.5, 0.6) is 0 Å². The first-order valence-corrected chi connectivity index (χ1v) is 7.37. The van der Waals surface area contributed by atoms with Gasteiger partial charge in [0.1, 0.15) is 0 Å². The Kier molecular flexibility index (Phi) is 3.09. The second kappa shape index (κ2) is 6.57. The summed E-state index contributed by atoms with van der Waals surface area (Å²) in [4.78, 5) is 4.44. The number of hydrogen-bond donors (Lipinski definition) is 0. The van der Waals surface area contributed by atoms with Crippen LogP contribution < -0.4 is 0 Å². The molecule has 3 aromatic rings. The molecular formula is C21H21N. The first-order valence-electron chi connectivity index (χ1n) is 9.37. The van der Waals surface area contributed by atoms with Crippen molar-refractivity contribution in [3.8, 4) is 22.4 Å². The molecule has 1 heteroatoms. The Hall–Kier alpha value is -2.41. The summed E-state index contributed by atoms with van der Waals surface area (Å²) >= 11 is 0. The molecule has 1 nitrogen and oxygen atoms in total. The van der Waals surface area contributed by atoms with Crippen LogP contribution in [0.25, 0.3) is 22.4 Å². The molecule has 2 aromatic carbocycles. The van der Waals surface area contributed by atoms with Gasteiger partial charge < -0.3 is 0 Å². The van der Waals surface area contributed by atoms with Crippen molar-refractivity contribution in [2.45, 2.75) is 20.2 Å². The zero-order valence-electron chi connectivity index (χ0n) is 16.6. The molecule has 0 fully saturated rings. The third-order valence-corrected chi connectivity index (χ3v) is 3.59. The van der Waals surface area contributed by atoms with Gasteiger partial charge in [-0.15, -0.1) is 0 Å². The van der Waals surface area contributed by atoms with Crippen molar-refractivity contribution in [1.82, 2.24) is 4.98 Å². The number of nitrogens with zero attached hydrogens (tertiary/aromatic N) is 1. The summed E-state index contributed by atoms with van der Waals surface area (Å²) in [5.74, 6) is -1.49. The lowest BCUT2D eigenvalue weighted by Crippen LogP contribution is -1.93. The van der Waals surface area contributed by atoms with Crippen molar-refractivity contribution in [3.63, 3.8) is 0 Å². The van der Waals surface area contributed by atoms with Gasteiger partial charge in [0, 0.05) is 17.2 Å². The van der Waals surface area contributed by atoms with E-state index in [0.29, 0.717) is 0 Å². The van der Waals surface area contributed by atoms with Crippen molar-refractivity contribution in [3.05, 3.63) is 78.5 Å². The molecular weight excluding hydrogens is 266 g/mol. The van der Waals surface area contributed by atoms with Crippen LogP contribution in [0.15, 0.2) is 72.9 Å². The average Bonchev–Trinajstić information content (AvgIpc) is 2.62. The van der Waals surface area contributed by atoms with Gasteiger partial charge in [-0.3, -0.25) is 4.98 Å². The monoisotopic (exact) mass is 291 g/mol. The summed E-state index contributed by atoms with van der Waals surface area (Å²) in [7, 11) is 0. The minimum absolute atomic E-state index is 0.190. The molecule has 110 valence electrons. The maximum absolute atomic E-state index is 8.09. The fourth-order valence-electron chi connectivity index (χ4n) is 2.50. The standard InChI is InChI=1S/C21H21N/c1-16(2)14-17-8-10-18(11-9-17)20-12-13-22-21(15-20)19-6-4-3-5-7-19/h3-13,15-16H,14H2,1-2H3/i1D3,16D. The molecule has 0 saturated heterocycles. The van der Waals surface area contributed by atoms with Crippen molar-refractivity contribution < 1.29 is 5.48 Å². The highest BCUT2D eigenvalue weighted by molar-refractivity contribution is 5.70. The van der Waals surface area contributed by atoms with Gasteiger partial charge in [-0.2, -0.15) is 0 Å². The number of aromatic nitrogens is 1. The van der Waals surface area contributed by atoms with Crippen molar-refractivity contribution in [1.29, 1.82) is 0 Å². The molecule has 1 atom stereocenters. The largest absolute Gasteiger partial charge is 0.256 e. The predicted molar refractivity (Wildman–Crippen MR) is 93.7 cm³/mol. The van der Waals surface area contributed by atoms with E-state index in [9.17, 15) is 0 Å². The number of benzene rings is 2. The maximum atomic E-state index is 8.09. The van der Waals surface area contributed by atoms with E-state index < -0.39 is 12.7 Å². The van der Waals surface area contributed by atoms with E-state index in [-0.39, 0.29) is 6.42 Å². The molecule has 0 N–H and O–H groups in total. The molecule has 0 aliphatic rings. The lowest BCUT2D eigenvalue weighted by molar-refractivity contribution is 0.647. The normalized spacial score (nSPS) is 16.8. The van der Waals surface area contributed by atoms with Gasteiger partial charge in [-0.1, -0.05) is 68.4 Å². The Balaban J connectivity index is 1.83. The molecule has 0 saturated carbocycles. The highest BCUT2D eigenvalue weighted by atomic mass is 14.7. The van der Waals surface area contributed by atoms with Crippen LogP contribution in [0.1, 0.15) is 24.8 Å². The molecule has 0 bridgehead atoms. The fourth-order valence-corrected chi connectivity index (χ4v) is 2.50. The lowest BCUT2D eigenvalue weighted by Gasteiger charge is -2.08. The molecule has 1 aromatic heterocycles. The van der Waals surface area contributed by atoms with Gasteiger partial charge in [-0.05, 0) is 41.1 Å². The SMILES string of the molecule is [2H]C([2H])([2H])C([2H])(C)Cc1ccc(-c2ccnc(-c3ccccc3)c2)cc1. The molecule has 1 heterocycles. The van der Waals surface area contributed by atoms with Crippen molar-refractivity contribution in [2.24, 2.45) is 5.89 Å². The van der Waals surface area contributed by atoms with E-state index in [4.69, 9.17) is 5.48 Å². The number of hydrogen-bond acceptors (Lipinski definition) is 1. The molecule has 0 aliphatic carbocycles. The quantitative estimate of drug-likeness (QED) is 0.608. The number of rotatable bonds is 4. The first-order chi connectivity index (χ1) is 12.3. The van der Waals surface area contributed by atoms with Crippen LogP contribution in [0, 0.1) is 5.89 Å². The van der Waals surface area contributed by atoms with E-state index in [2.05, 4.69) is 4.98 Å². The Morgan fingerprint density at radius 3 is 2.45 bits per heavy atom. The molecule has 0 spiro atoms. The Bertz CT molecular complexity index is 869. The average molecular weight is 291 g/mol. The lowest BCUT2D eigenvalue weighted by atomic mass is 9.99. The first kappa shape index (κ1) is 10.3. The molecule has 22 heavy (non-hydrogen) atoms. The van der Waals surface area contributed by atoms with E-state index >= 15 is 0 Å². The van der Waals surface area contributed by atoms with Crippen molar-refractivity contribution >= 4 is 0 Å². The molecule has 0 amide bonds. The molecule has 3 rings (SSSR count). The van der Waals surface area contributed by atoms with Crippen LogP contribution in [-0.4, -0.2) is 4.98 Å². The Morgan fingerprint density at radius 2 is 1.73 bits per heavy atom. The highest BCUT2D eigenvalue weighted by Gasteiger charge is 2.03. The topological polar surface area (TPSA) is 12.9 Å². The predicted octanol–water partition coefficient (Wildman–Crippen LogP) is 5.61. The minimum Gasteiger partial charge on any atom is -0.256 e. The van der Waals surface area contributed by atoms with Gasteiger partial charge in [0.15, 0.2) is 0 Å². The number of pyridine rings is 1. The van der Waals surface area contributed by atoms with Crippen LogP contribution in [0.4, 0.5) is 0 Å². The third-order valence-electron chi connectivity index (χ3n) is 3.59. The smallest absolute Gasteiger partial charge is 0.0708 e. The van der Waals surface area contributed by atoms with Gasteiger partial charge in [0.2, 0.25) is 0 Å². The zero-order valence-corrected chi connectivity index (χ0v) is 12.6. The highest BCUT2D eigenvalue weighted by Crippen LogP contribution is 2.25. The Morgan fingerprint density at radius 1 is 0.955 bits per heavy atom. The van der Waals surface area contributed by atoms with Crippen LogP contribution in [-0.2, 0) is 6.42 Å². The van der Waals surface area contributed by atoms with Gasteiger partial charge in [-0.25, -0.2) is 0 Å². The zero-order chi connectivity index (χ0) is 18.8.